The van der Waals surface area contributed by atoms with Crippen molar-refractivity contribution in [3.05, 3.63) is 12.2 Å². The summed E-state index contributed by atoms with van der Waals surface area (Å²) in [6.45, 7) is 6.80. The zero-order chi connectivity index (χ0) is 11.4. The summed E-state index contributed by atoms with van der Waals surface area (Å²) >= 11 is 0. The van der Waals surface area contributed by atoms with Crippen molar-refractivity contribution in [2.24, 2.45) is 5.92 Å². The van der Waals surface area contributed by atoms with Crippen LogP contribution in [0.3, 0.4) is 0 Å². The molecule has 0 heterocycles. The molecule has 0 aliphatic rings. The van der Waals surface area contributed by atoms with Gasteiger partial charge in [-0.2, -0.15) is 0 Å². The Labute approximate surface area is 97.2 Å². The van der Waals surface area contributed by atoms with Gasteiger partial charge in [-0.1, -0.05) is 70.9 Å². The van der Waals surface area contributed by atoms with Gasteiger partial charge in [0.1, 0.15) is 0 Å². The van der Waals surface area contributed by atoms with Gasteiger partial charge in [0.25, 0.3) is 0 Å². The van der Waals surface area contributed by atoms with Crippen LogP contribution >= 0.6 is 0 Å². The standard InChI is InChI=1S/C15H30/c1-4-6-8-10-12-14-15(3)13-11-9-7-5-2/h5,7,15H,4,6,8-14H2,1-3H3. The molecule has 0 rings (SSSR count). The highest BCUT2D eigenvalue weighted by Gasteiger charge is 2.00. The minimum absolute atomic E-state index is 0.942. The van der Waals surface area contributed by atoms with Crippen molar-refractivity contribution in [1.82, 2.24) is 0 Å². The maximum atomic E-state index is 2.41. The fourth-order valence-corrected chi connectivity index (χ4v) is 1.99. The first-order valence-corrected chi connectivity index (χ1v) is 6.92. The molecule has 0 aromatic heterocycles. The zero-order valence-electron chi connectivity index (χ0n) is 11.1. The van der Waals surface area contributed by atoms with Gasteiger partial charge in [0, 0.05) is 0 Å². The first-order valence-electron chi connectivity index (χ1n) is 6.92. The molecule has 0 saturated heterocycles. The molecule has 90 valence electrons. The minimum Gasteiger partial charge on any atom is -0.0917 e. The van der Waals surface area contributed by atoms with Gasteiger partial charge in [-0.05, 0) is 25.7 Å². The monoisotopic (exact) mass is 210 g/mol. The summed E-state index contributed by atoms with van der Waals surface area (Å²) in [5, 5.41) is 0. The molecule has 0 amide bonds. The SMILES string of the molecule is CC=CCCCC(C)CCCCCCC. The van der Waals surface area contributed by atoms with E-state index in [0.29, 0.717) is 0 Å². The van der Waals surface area contributed by atoms with Crippen molar-refractivity contribution < 1.29 is 0 Å². The molecule has 0 aromatic rings. The average molecular weight is 210 g/mol. The first kappa shape index (κ1) is 14.7. The topological polar surface area (TPSA) is 0 Å². The molecule has 0 aromatic carbocycles. The number of hydrogen-bond acceptors (Lipinski definition) is 0. The Morgan fingerprint density at radius 1 is 0.933 bits per heavy atom. The van der Waals surface area contributed by atoms with Crippen LogP contribution in [-0.2, 0) is 0 Å². The van der Waals surface area contributed by atoms with Crippen molar-refractivity contribution in [2.45, 2.75) is 78.6 Å². The molecule has 0 nitrogen and oxygen atoms in total. The number of allylic oxidation sites excluding steroid dienone is 2. The van der Waals surface area contributed by atoms with E-state index in [1.807, 2.05) is 0 Å². The maximum absolute atomic E-state index is 2.41. The summed E-state index contributed by atoms with van der Waals surface area (Å²) in [5.41, 5.74) is 0. The lowest BCUT2D eigenvalue weighted by Gasteiger charge is -2.09. The van der Waals surface area contributed by atoms with E-state index < -0.39 is 0 Å². The Hall–Kier alpha value is -0.260. The van der Waals surface area contributed by atoms with E-state index in [0.717, 1.165) is 5.92 Å². The van der Waals surface area contributed by atoms with Gasteiger partial charge in [0.05, 0.1) is 0 Å². The van der Waals surface area contributed by atoms with E-state index in [1.54, 1.807) is 0 Å². The fourth-order valence-electron chi connectivity index (χ4n) is 1.99. The Morgan fingerprint density at radius 2 is 1.60 bits per heavy atom. The molecule has 1 atom stereocenters. The molecule has 0 N–H and O–H groups in total. The van der Waals surface area contributed by atoms with E-state index in [4.69, 9.17) is 0 Å². The second-order valence-electron chi connectivity index (χ2n) is 4.81. The third kappa shape index (κ3) is 11.7. The van der Waals surface area contributed by atoms with Crippen LogP contribution in [0.15, 0.2) is 12.2 Å². The summed E-state index contributed by atoms with van der Waals surface area (Å²) < 4.78 is 0. The van der Waals surface area contributed by atoms with Crippen molar-refractivity contribution in [1.29, 1.82) is 0 Å². The van der Waals surface area contributed by atoms with Crippen molar-refractivity contribution in [2.75, 3.05) is 0 Å². The highest BCUT2D eigenvalue weighted by molar-refractivity contribution is 4.76. The summed E-state index contributed by atoms with van der Waals surface area (Å²) in [6.07, 6.45) is 17.1. The van der Waals surface area contributed by atoms with Gasteiger partial charge < -0.3 is 0 Å². The molecule has 0 radical (unpaired) electrons. The summed E-state index contributed by atoms with van der Waals surface area (Å²) in [6, 6.07) is 0. The highest BCUT2D eigenvalue weighted by atomic mass is 14.1. The summed E-state index contributed by atoms with van der Waals surface area (Å²) in [7, 11) is 0. The van der Waals surface area contributed by atoms with Gasteiger partial charge in [0.15, 0.2) is 0 Å². The fraction of sp³-hybridized carbons (Fsp3) is 0.867. The smallest absolute Gasteiger partial charge is 0.0351 e. The second kappa shape index (κ2) is 11.8. The van der Waals surface area contributed by atoms with Crippen LogP contribution in [0.1, 0.15) is 78.6 Å². The van der Waals surface area contributed by atoms with Gasteiger partial charge in [-0.15, -0.1) is 0 Å². The molecule has 0 aliphatic carbocycles. The molecule has 0 aliphatic heterocycles. The van der Waals surface area contributed by atoms with E-state index in [9.17, 15) is 0 Å². The first-order chi connectivity index (χ1) is 7.31. The van der Waals surface area contributed by atoms with Gasteiger partial charge in [-0.25, -0.2) is 0 Å². The van der Waals surface area contributed by atoms with Crippen LogP contribution in [-0.4, -0.2) is 0 Å². The van der Waals surface area contributed by atoms with Crippen molar-refractivity contribution >= 4 is 0 Å². The van der Waals surface area contributed by atoms with Crippen LogP contribution < -0.4 is 0 Å². The molecule has 15 heavy (non-hydrogen) atoms. The predicted molar refractivity (Wildman–Crippen MR) is 71.2 cm³/mol. The highest BCUT2D eigenvalue weighted by Crippen LogP contribution is 2.16. The van der Waals surface area contributed by atoms with E-state index >= 15 is 0 Å². The van der Waals surface area contributed by atoms with Crippen molar-refractivity contribution in [3.63, 3.8) is 0 Å². The Morgan fingerprint density at radius 3 is 2.27 bits per heavy atom. The Kier molecular flexibility index (Phi) is 11.6. The molecule has 0 fully saturated rings. The zero-order valence-corrected chi connectivity index (χ0v) is 11.1. The second-order valence-corrected chi connectivity index (χ2v) is 4.81. The largest absolute Gasteiger partial charge is 0.0917 e. The minimum atomic E-state index is 0.942. The maximum Gasteiger partial charge on any atom is -0.0351 e. The molecule has 1 unspecified atom stereocenters. The third-order valence-corrected chi connectivity index (χ3v) is 3.10. The van der Waals surface area contributed by atoms with Crippen LogP contribution in [0.4, 0.5) is 0 Å². The number of hydrogen-bond donors (Lipinski definition) is 0. The average Bonchev–Trinajstić information content (AvgIpc) is 2.24. The van der Waals surface area contributed by atoms with Gasteiger partial charge in [-0.3, -0.25) is 0 Å². The van der Waals surface area contributed by atoms with Gasteiger partial charge >= 0.3 is 0 Å². The van der Waals surface area contributed by atoms with Crippen LogP contribution in [0, 0.1) is 5.92 Å². The Bertz CT molecular complexity index is 135. The number of unbranched alkanes of at least 4 members (excludes halogenated alkanes) is 5. The molecular weight excluding hydrogens is 180 g/mol. The van der Waals surface area contributed by atoms with Gasteiger partial charge in [0.2, 0.25) is 0 Å². The van der Waals surface area contributed by atoms with Crippen LogP contribution in [0.5, 0.6) is 0 Å². The molecule has 0 saturated carbocycles. The molecule has 0 spiro atoms. The van der Waals surface area contributed by atoms with Crippen LogP contribution in [0.2, 0.25) is 0 Å². The lowest BCUT2D eigenvalue weighted by molar-refractivity contribution is 0.446. The summed E-state index contributed by atoms with van der Waals surface area (Å²) in [5.74, 6) is 0.942. The van der Waals surface area contributed by atoms with E-state index in [1.165, 1.54) is 57.8 Å². The molecular formula is C15H30. The quantitative estimate of drug-likeness (QED) is 0.319. The third-order valence-electron chi connectivity index (χ3n) is 3.10. The van der Waals surface area contributed by atoms with Crippen molar-refractivity contribution in [3.8, 4) is 0 Å². The summed E-state index contributed by atoms with van der Waals surface area (Å²) in [4.78, 5) is 0. The van der Waals surface area contributed by atoms with E-state index in [-0.39, 0.29) is 0 Å². The Balaban J connectivity index is 3.14. The normalized spacial score (nSPS) is 13.5. The predicted octanol–water partition coefficient (Wildman–Crippen LogP) is 5.73. The van der Waals surface area contributed by atoms with E-state index in [2.05, 4.69) is 32.9 Å². The molecule has 0 bridgehead atoms. The lowest BCUT2D eigenvalue weighted by atomic mass is 9.97. The van der Waals surface area contributed by atoms with Crippen LogP contribution in [0.25, 0.3) is 0 Å². The lowest BCUT2D eigenvalue weighted by Crippen LogP contribution is -1.94. The number of rotatable bonds is 10. The molecule has 0 heteroatoms.